The molecule has 29 heavy (non-hydrogen) atoms. The minimum atomic E-state index is -3.72. The van der Waals surface area contributed by atoms with Gasteiger partial charge in [-0.15, -0.1) is 0 Å². The normalized spacial score (nSPS) is 20.9. The van der Waals surface area contributed by atoms with Crippen LogP contribution < -0.4 is 4.31 Å². The molecule has 0 aliphatic carbocycles. The van der Waals surface area contributed by atoms with Crippen molar-refractivity contribution in [3.8, 4) is 0 Å². The Morgan fingerprint density at radius 1 is 0.828 bits per heavy atom. The zero-order valence-electron chi connectivity index (χ0n) is 16.8. The Morgan fingerprint density at radius 2 is 1.41 bits per heavy atom. The molecule has 1 aliphatic heterocycles. The van der Waals surface area contributed by atoms with E-state index in [1.807, 2.05) is 50.2 Å². The van der Waals surface area contributed by atoms with Crippen LogP contribution in [0.1, 0.15) is 38.3 Å². The fourth-order valence-electron chi connectivity index (χ4n) is 4.71. The van der Waals surface area contributed by atoms with Crippen LogP contribution in [-0.2, 0) is 15.4 Å². The molecule has 3 aromatic rings. The van der Waals surface area contributed by atoms with Gasteiger partial charge in [-0.1, -0.05) is 71.4 Å². The number of hydrogen-bond donors (Lipinski definition) is 0. The number of benzene rings is 3. The predicted molar refractivity (Wildman–Crippen MR) is 122 cm³/mol. The third kappa shape index (κ3) is 3.30. The monoisotopic (exact) mass is 469 g/mol. The van der Waals surface area contributed by atoms with E-state index in [0.717, 1.165) is 15.7 Å². The molecule has 1 heterocycles. The van der Waals surface area contributed by atoms with E-state index in [0.29, 0.717) is 11.3 Å². The maximum atomic E-state index is 13.7. The lowest BCUT2D eigenvalue weighted by atomic mass is 9.66. The highest BCUT2D eigenvalue weighted by Gasteiger charge is 2.49. The van der Waals surface area contributed by atoms with E-state index in [-0.39, 0.29) is 5.41 Å². The van der Waals surface area contributed by atoms with Crippen LogP contribution in [0.5, 0.6) is 0 Å². The van der Waals surface area contributed by atoms with E-state index in [9.17, 15) is 8.42 Å². The second-order valence-corrected chi connectivity index (χ2v) is 11.1. The number of hydrogen-bond acceptors (Lipinski definition) is 2. The summed E-state index contributed by atoms with van der Waals surface area (Å²) in [6, 6.07) is 25.1. The van der Waals surface area contributed by atoms with Gasteiger partial charge in [-0.05, 0) is 61.7 Å². The molecule has 0 saturated heterocycles. The van der Waals surface area contributed by atoms with Gasteiger partial charge in [0, 0.05) is 9.89 Å². The van der Waals surface area contributed by atoms with Gasteiger partial charge in [0.2, 0.25) is 0 Å². The minimum absolute atomic E-state index is 0.285. The molecule has 1 atom stereocenters. The summed E-state index contributed by atoms with van der Waals surface area (Å²) in [5.74, 6) is 0. The molecule has 3 aromatic carbocycles. The Balaban J connectivity index is 1.94. The number of halogens is 1. The van der Waals surface area contributed by atoms with E-state index >= 15 is 0 Å². The molecular formula is C24H24BrNO2S. The molecule has 0 fully saturated rings. The molecule has 0 spiro atoms. The highest BCUT2D eigenvalue weighted by atomic mass is 79.9. The Morgan fingerprint density at radius 3 is 2.07 bits per heavy atom. The van der Waals surface area contributed by atoms with Crippen LogP contribution in [0.3, 0.4) is 0 Å². The molecular weight excluding hydrogens is 446 g/mol. The predicted octanol–water partition coefficient (Wildman–Crippen LogP) is 6.13. The van der Waals surface area contributed by atoms with Crippen molar-refractivity contribution in [2.24, 2.45) is 0 Å². The number of fused-ring (bicyclic) bond motifs is 1. The lowest BCUT2D eigenvalue weighted by Gasteiger charge is -2.51. The van der Waals surface area contributed by atoms with Gasteiger partial charge in [0.15, 0.2) is 0 Å². The van der Waals surface area contributed by atoms with Crippen LogP contribution in [0.2, 0.25) is 0 Å². The van der Waals surface area contributed by atoms with Gasteiger partial charge in [-0.25, -0.2) is 8.42 Å². The lowest BCUT2D eigenvalue weighted by Crippen LogP contribution is -2.55. The van der Waals surface area contributed by atoms with Crippen LogP contribution in [-0.4, -0.2) is 14.0 Å². The molecule has 5 heteroatoms. The molecule has 150 valence electrons. The molecule has 3 nitrogen and oxygen atoms in total. The van der Waals surface area contributed by atoms with Crippen LogP contribution in [0.25, 0.3) is 0 Å². The van der Waals surface area contributed by atoms with E-state index in [4.69, 9.17) is 0 Å². The molecule has 0 N–H and O–H groups in total. The van der Waals surface area contributed by atoms with Crippen molar-refractivity contribution in [2.75, 3.05) is 4.31 Å². The number of anilines is 1. The van der Waals surface area contributed by atoms with Crippen molar-refractivity contribution < 1.29 is 8.42 Å². The Bertz CT molecular complexity index is 1140. The largest absolute Gasteiger partial charge is 0.264 e. The summed E-state index contributed by atoms with van der Waals surface area (Å²) in [5.41, 5.74) is 2.09. The van der Waals surface area contributed by atoms with E-state index in [1.54, 1.807) is 28.6 Å². The maximum absolute atomic E-state index is 13.7. The third-order valence-electron chi connectivity index (χ3n) is 5.82. The van der Waals surface area contributed by atoms with Crippen LogP contribution in [0, 0.1) is 0 Å². The van der Waals surface area contributed by atoms with E-state index in [1.165, 1.54) is 5.56 Å². The van der Waals surface area contributed by atoms with E-state index in [2.05, 4.69) is 41.1 Å². The van der Waals surface area contributed by atoms with Crippen molar-refractivity contribution in [1.29, 1.82) is 0 Å². The molecule has 0 radical (unpaired) electrons. The van der Waals surface area contributed by atoms with E-state index < -0.39 is 15.6 Å². The zero-order chi connectivity index (χ0) is 20.9. The first-order chi connectivity index (χ1) is 13.7. The Labute approximate surface area is 181 Å². The summed E-state index contributed by atoms with van der Waals surface area (Å²) in [4.78, 5) is 0.298. The standard InChI is InChI=1S/C24H24BrNO2S/c1-23(2)17-24(3,18-9-5-4-6-10-18)21-11-7-8-12-22(21)26(23)29(27,28)20-15-13-19(25)14-16-20/h4-16H,17H2,1-3H3. The van der Waals surface area contributed by atoms with Crippen molar-refractivity contribution in [3.05, 3.63) is 94.5 Å². The topological polar surface area (TPSA) is 37.4 Å². The second kappa shape index (κ2) is 6.99. The molecule has 4 rings (SSSR count). The summed E-state index contributed by atoms with van der Waals surface area (Å²) >= 11 is 3.39. The van der Waals surface area contributed by atoms with Crippen LogP contribution in [0.15, 0.2) is 88.2 Å². The molecule has 0 bridgehead atoms. The summed E-state index contributed by atoms with van der Waals surface area (Å²) in [6.07, 6.45) is 0.677. The first-order valence-corrected chi connectivity index (χ1v) is 11.9. The second-order valence-electron chi connectivity index (χ2n) is 8.43. The summed E-state index contributed by atoms with van der Waals surface area (Å²) in [5, 5.41) is 0. The fourth-order valence-corrected chi connectivity index (χ4v) is 6.79. The summed E-state index contributed by atoms with van der Waals surface area (Å²) in [7, 11) is -3.72. The van der Waals surface area contributed by atoms with Gasteiger partial charge in [0.05, 0.1) is 16.1 Å². The average Bonchev–Trinajstić information content (AvgIpc) is 2.68. The smallest absolute Gasteiger partial charge is 0.260 e. The van der Waals surface area contributed by atoms with Crippen molar-refractivity contribution in [1.82, 2.24) is 0 Å². The Kier molecular flexibility index (Phi) is 4.87. The van der Waals surface area contributed by atoms with Gasteiger partial charge >= 0.3 is 0 Å². The fraction of sp³-hybridized carbons (Fsp3) is 0.250. The SMILES string of the molecule is CC1(c2ccccc2)CC(C)(C)N(S(=O)(=O)c2ccc(Br)cc2)c2ccccc21. The van der Waals surface area contributed by atoms with Crippen molar-refractivity contribution in [2.45, 2.75) is 43.0 Å². The molecule has 1 unspecified atom stereocenters. The van der Waals surface area contributed by atoms with Gasteiger partial charge in [0.25, 0.3) is 10.0 Å². The number of nitrogens with zero attached hydrogens (tertiary/aromatic N) is 1. The van der Waals surface area contributed by atoms with Gasteiger partial charge < -0.3 is 0 Å². The van der Waals surface area contributed by atoms with Gasteiger partial charge in [0.1, 0.15) is 0 Å². The van der Waals surface area contributed by atoms with Crippen molar-refractivity contribution >= 4 is 31.6 Å². The summed E-state index contributed by atoms with van der Waals surface area (Å²) in [6.45, 7) is 6.24. The number of sulfonamides is 1. The molecule has 0 aromatic heterocycles. The average molecular weight is 470 g/mol. The summed E-state index contributed by atoms with van der Waals surface area (Å²) < 4.78 is 29.9. The minimum Gasteiger partial charge on any atom is -0.260 e. The third-order valence-corrected chi connectivity index (χ3v) is 8.38. The highest BCUT2D eigenvalue weighted by molar-refractivity contribution is 9.10. The molecule has 0 saturated carbocycles. The number of para-hydroxylation sites is 1. The first kappa shape index (κ1) is 20.2. The maximum Gasteiger partial charge on any atom is 0.264 e. The first-order valence-electron chi connectivity index (χ1n) is 9.62. The van der Waals surface area contributed by atoms with Gasteiger partial charge in [-0.3, -0.25) is 4.31 Å². The van der Waals surface area contributed by atoms with Gasteiger partial charge in [-0.2, -0.15) is 0 Å². The Hall–Kier alpha value is -2.11. The quantitative estimate of drug-likeness (QED) is 0.462. The van der Waals surface area contributed by atoms with Crippen LogP contribution >= 0.6 is 15.9 Å². The molecule has 1 aliphatic rings. The zero-order valence-corrected chi connectivity index (χ0v) is 19.2. The van der Waals surface area contributed by atoms with Crippen molar-refractivity contribution in [3.63, 3.8) is 0 Å². The van der Waals surface area contributed by atoms with Crippen LogP contribution in [0.4, 0.5) is 5.69 Å². The lowest BCUT2D eigenvalue weighted by molar-refractivity contribution is 0.351. The highest BCUT2D eigenvalue weighted by Crippen LogP contribution is 2.51. The molecule has 0 amide bonds. The number of rotatable bonds is 3.